The molecule has 0 N–H and O–H groups in total. The molecule has 7 heteroatoms. The Labute approximate surface area is 156 Å². The number of pyridine rings is 1. The minimum absolute atomic E-state index is 0.645. The zero-order valence-corrected chi connectivity index (χ0v) is 15.2. The normalized spacial score (nSPS) is 17.8. The number of benzene rings is 1. The van der Waals surface area contributed by atoms with Gasteiger partial charge in [0.15, 0.2) is 0 Å². The number of hydrogen-bond donors (Lipinski definition) is 0. The van der Waals surface area contributed by atoms with Crippen molar-refractivity contribution in [1.29, 1.82) is 0 Å². The van der Waals surface area contributed by atoms with Crippen LogP contribution in [0.4, 0.5) is 5.82 Å². The summed E-state index contributed by atoms with van der Waals surface area (Å²) in [5, 5.41) is 9.32. The van der Waals surface area contributed by atoms with Crippen molar-refractivity contribution in [3.8, 4) is 11.1 Å². The van der Waals surface area contributed by atoms with Crippen molar-refractivity contribution in [2.24, 2.45) is 5.92 Å². The second-order valence-electron chi connectivity index (χ2n) is 6.98. The Hall–Kier alpha value is -2.18. The molecule has 5 rings (SSSR count). The summed E-state index contributed by atoms with van der Waals surface area (Å²) in [7, 11) is 0. The van der Waals surface area contributed by atoms with Gasteiger partial charge in [-0.25, -0.2) is 9.67 Å². The first-order valence-electron chi connectivity index (χ1n) is 9.11. The minimum atomic E-state index is 0.645. The van der Waals surface area contributed by atoms with E-state index in [9.17, 15) is 0 Å². The Morgan fingerprint density at radius 3 is 2.77 bits per heavy atom. The van der Waals surface area contributed by atoms with Crippen LogP contribution in [0, 0.1) is 5.92 Å². The molecule has 134 valence electrons. The second-order valence-corrected chi connectivity index (χ2v) is 7.36. The Bertz CT molecular complexity index is 946. The molecule has 0 bridgehead atoms. The molecular formula is C19H20ClN5O. The highest BCUT2D eigenvalue weighted by Gasteiger charge is 2.24. The van der Waals surface area contributed by atoms with Gasteiger partial charge in [0.25, 0.3) is 0 Å². The first-order valence-corrected chi connectivity index (χ1v) is 9.49. The van der Waals surface area contributed by atoms with Gasteiger partial charge in [-0.3, -0.25) is 0 Å². The third kappa shape index (κ3) is 2.83. The maximum atomic E-state index is 6.77. The molecule has 1 aliphatic heterocycles. The lowest BCUT2D eigenvalue weighted by atomic mass is 10.0. The quantitative estimate of drug-likeness (QED) is 0.705. The molecule has 26 heavy (non-hydrogen) atoms. The third-order valence-electron chi connectivity index (χ3n) is 5.14. The highest BCUT2D eigenvalue weighted by molar-refractivity contribution is 6.37. The molecule has 0 amide bonds. The molecule has 2 aliphatic rings. The predicted octanol–water partition coefficient (Wildman–Crippen LogP) is 3.39. The molecule has 1 aliphatic carbocycles. The van der Waals surface area contributed by atoms with E-state index in [-0.39, 0.29) is 0 Å². The summed E-state index contributed by atoms with van der Waals surface area (Å²) in [5.41, 5.74) is 3.74. The molecule has 2 fully saturated rings. The summed E-state index contributed by atoms with van der Waals surface area (Å²) >= 11 is 6.77. The van der Waals surface area contributed by atoms with Crippen LogP contribution < -0.4 is 4.90 Å². The van der Waals surface area contributed by atoms with Gasteiger partial charge in [-0.05, 0) is 37.0 Å². The van der Waals surface area contributed by atoms with Crippen molar-refractivity contribution < 1.29 is 4.74 Å². The Morgan fingerprint density at radius 1 is 1.12 bits per heavy atom. The number of aromatic nitrogens is 4. The largest absolute Gasteiger partial charge is 0.378 e. The van der Waals surface area contributed by atoms with Crippen molar-refractivity contribution in [1.82, 2.24) is 20.0 Å². The standard InChI is InChI=1S/C19H20ClN5O/c20-17-14(5-6-16-18(17)22-23-25(16)12-13-3-4-13)15-2-1-7-21-19(15)24-8-10-26-11-9-24/h1-2,5-7,13H,3-4,8-12H2. The van der Waals surface area contributed by atoms with Gasteiger partial charge in [-0.2, -0.15) is 0 Å². The molecule has 3 heterocycles. The maximum absolute atomic E-state index is 6.77. The van der Waals surface area contributed by atoms with E-state index >= 15 is 0 Å². The van der Waals surface area contributed by atoms with Crippen LogP contribution in [0.5, 0.6) is 0 Å². The van der Waals surface area contributed by atoms with Crippen LogP contribution in [-0.2, 0) is 11.3 Å². The van der Waals surface area contributed by atoms with Crippen LogP contribution in [0.25, 0.3) is 22.2 Å². The van der Waals surface area contributed by atoms with Crippen molar-refractivity contribution >= 4 is 28.5 Å². The van der Waals surface area contributed by atoms with E-state index in [1.807, 2.05) is 16.9 Å². The summed E-state index contributed by atoms with van der Waals surface area (Å²) in [6.07, 6.45) is 4.39. The molecule has 0 spiro atoms. The number of ether oxygens (including phenoxy) is 1. The number of hydrogen-bond acceptors (Lipinski definition) is 5. The highest BCUT2D eigenvalue weighted by Crippen LogP contribution is 2.38. The summed E-state index contributed by atoms with van der Waals surface area (Å²) in [5.74, 6) is 1.69. The zero-order chi connectivity index (χ0) is 17.5. The first-order chi connectivity index (χ1) is 12.8. The molecular weight excluding hydrogens is 350 g/mol. The van der Waals surface area contributed by atoms with Crippen molar-refractivity contribution in [2.75, 3.05) is 31.2 Å². The maximum Gasteiger partial charge on any atom is 0.136 e. The molecule has 3 aromatic rings. The zero-order valence-electron chi connectivity index (χ0n) is 14.4. The first kappa shape index (κ1) is 16.0. The lowest BCUT2D eigenvalue weighted by molar-refractivity contribution is 0.122. The fourth-order valence-electron chi connectivity index (χ4n) is 3.53. The molecule has 6 nitrogen and oxygen atoms in total. The lowest BCUT2D eigenvalue weighted by Crippen LogP contribution is -2.37. The minimum Gasteiger partial charge on any atom is -0.378 e. The van der Waals surface area contributed by atoms with E-state index in [0.717, 1.165) is 66.7 Å². The fraction of sp³-hybridized carbons (Fsp3) is 0.421. The van der Waals surface area contributed by atoms with Crippen LogP contribution in [0.3, 0.4) is 0 Å². The fourth-order valence-corrected chi connectivity index (χ4v) is 3.83. The van der Waals surface area contributed by atoms with Gasteiger partial charge < -0.3 is 9.64 Å². The summed E-state index contributed by atoms with van der Waals surface area (Å²) in [4.78, 5) is 6.88. The van der Waals surface area contributed by atoms with Gasteiger partial charge in [0, 0.05) is 37.0 Å². The van der Waals surface area contributed by atoms with E-state index in [1.165, 1.54) is 12.8 Å². The van der Waals surface area contributed by atoms with Crippen LogP contribution in [0.2, 0.25) is 5.02 Å². The van der Waals surface area contributed by atoms with Gasteiger partial charge in [0.05, 0.1) is 23.8 Å². The number of fused-ring (bicyclic) bond motifs is 1. The molecule has 0 unspecified atom stereocenters. The summed E-state index contributed by atoms with van der Waals surface area (Å²) in [6, 6.07) is 8.16. The number of morpholine rings is 1. The molecule has 2 aromatic heterocycles. The molecule has 0 radical (unpaired) electrons. The number of rotatable bonds is 4. The second kappa shape index (κ2) is 6.52. The Kier molecular flexibility index (Phi) is 4.02. The Morgan fingerprint density at radius 2 is 1.96 bits per heavy atom. The van der Waals surface area contributed by atoms with Crippen molar-refractivity contribution in [3.63, 3.8) is 0 Å². The monoisotopic (exact) mass is 369 g/mol. The van der Waals surface area contributed by atoms with E-state index in [0.29, 0.717) is 5.02 Å². The SMILES string of the molecule is Clc1c(-c2cccnc2N2CCOCC2)ccc2c1nnn2CC1CC1. The summed E-state index contributed by atoms with van der Waals surface area (Å²) in [6.45, 7) is 4.04. The highest BCUT2D eigenvalue weighted by atomic mass is 35.5. The van der Waals surface area contributed by atoms with Crippen molar-refractivity contribution in [3.05, 3.63) is 35.5 Å². The van der Waals surface area contributed by atoms with Crippen molar-refractivity contribution in [2.45, 2.75) is 19.4 Å². The van der Waals surface area contributed by atoms with Crippen LogP contribution >= 0.6 is 11.6 Å². The van der Waals surface area contributed by atoms with Gasteiger partial charge in [0.1, 0.15) is 11.3 Å². The number of halogens is 1. The van der Waals surface area contributed by atoms with E-state index in [1.54, 1.807) is 0 Å². The average Bonchev–Trinajstić information content (AvgIpc) is 3.41. The summed E-state index contributed by atoms with van der Waals surface area (Å²) < 4.78 is 7.45. The van der Waals surface area contributed by atoms with E-state index in [4.69, 9.17) is 16.3 Å². The van der Waals surface area contributed by atoms with Crippen LogP contribution in [0.1, 0.15) is 12.8 Å². The van der Waals surface area contributed by atoms with Gasteiger partial charge in [-0.1, -0.05) is 22.9 Å². The number of anilines is 1. The van der Waals surface area contributed by atoms with Gasteiger partial charge >= 0.3 is 0 Å². The van der Waals surface area contributed by atoms with Gasteiger partial charge in [-0.15, -0.1) is 5.10 Å². The Balaban J connectivity index is 1.58. The average molecular weight is 370 g/mol. The van der Waals surface area contributed by atoms with E-state index in [2.05, 4.69) is 38.4 Å². The number of nitrogens with zero attached hydrogens (tertiary/aromatic N) is 5. The van der Waals surface area contributed by atoms with Crippen LogP contribution in [-0.4, -0.2) is 46.3 Å². The molecule has 1 saturated carbocycles. The molecule has 1 saturated heterocycles. The predicted molar refractivity (Wildman–Crippen MR) is 102 cm³/mol. The molecule has 0 atom stereocenters. The topological polar surface area (TPSA) is 56.1 Å². The molecule has 1 aromatic carbocycles. The van der Waals surface area contributed by atoms with Gasteiger partial charge in [0.2, 0.25) is 0 Å². The van der Waals surface area contributed by atoms with Crippen LogP contribution in [0.15, 0.2) is 30.5 Å². The van der Waals surface area contributed by atoms with E-state index < -0.39 is 0 Å². The third-order valence-corrected chi connectivity index (χ3v) is 5.52. The smallest absolute Gasteiger partial charge is 0.136 e. The lowest BCUT2D eigenvalue weighted by Gasteiger charge is -2.29.